The molecule has 2 heterocycles. The van der Waals surface area contributed by atoms with Gasteiger partial charge < -0.3 is 20.5 Å². The normalized spacial score (nSPS) is 14.0. The lowest BCUT2D eigenvalue weighted by atomic mass is 9.94. The second kappa shape index (κ2) is 6.42. The van der Waals surface area contributed by atoms with Crippen LogP contribution >= 0.6 is 0 Å². The van der Waals surface area contributed by atoms with E-state index in [4.69, 9.17) is 0 Å². The topological polar surface area (TPSA) is 77.2 Å². The van der Waals surface area contributed by atoms with Gasteiger partial charge in [0.2, 0.25) is 5.91 Å². The van der Waals surface area contributed by atoms with E-state index in [0.29, 0.717) is 19.6 Å². The van der Waals surface area contributed by atoms with E-state index in [0.717, 1.165) is 40.4 Å². The third kappa shape index (κ3) is 3.22. The van der Waals surface area contributed by atoms with Crippen LogP contribution in [0.15, 0.2) is 18.3 Å². The van der Waals surface area contributed by atoms with Crippen LogP contribution in [0.3, 0.4) is 0 Å². The van der Waals surface area contributed by atoms with E-state index in [1.807, 2.05) is 37.3 Å². The Bertz CT molecular complexity index is 748. The zero-order valence-corrected chi connectivity index (χ0v) is 13.5. The van der Waals surface area contributed by atoms with Gasteiger partial charge >= 0.3 is 0 Å². The van der Waals surface area contributed by atoms with E-state index in [2.05, 4.69) is 15.6 Å². The maximum Gasteiger partial charge on any atom is 0.251 e. The van der Waals surface area contributed by atoms with E-state index in [9.17, 15) is 9.59 Å². The molecule has 0 radical (unpaired) electrons. The smallest absolute Gasteiger partial charge is 0.251 e. The van der Waals surface area contributed by atoms with Gasteiger partial charge in [0.05, 0.1) is 6.54 Å². The molecule has 3 rings (SSSR count). The zero-order valence-electron chi connectivity index (χ0n) is 13.5. The fourth-order valence-electron chi connectivity index (χ4n) is 3.12. The quantitative estimate of drug-likeness (QED) is 0.759. The molecule has 0 spiro atoms. The summed E-state index contributed by atoms with van der Waals surface area (Å²) in [5.41, 5.74) is 4.08. The van der Waals surface area contributed by atoms with Crippen LogP contribution in [0.2, 0.25) is 0 Å². The highest BCUT2D eigenvalue weighted by molar-refractivity contribution is 6.02. The van der Waals surface area contributed by atoms with Gasteiger partial charge in [0.15, 0.2) is 0 Å². The summed E-state index contributed by atoms with van der Waals surface area (Å²) >= 11 is 0. The number of benzene rings is 1. The van der Waals surface area contributed by atoms with Crippen LogP contribution in [0.5, 0.6) is 0 Å². The molecule has 0 atom stereocenters. The molecule has 0 fully saturated rings. The van der Waals surface area contributed by atoms with Gasteiger partial charge in [0.25, 0.3) is 5.91 Å². The first kappa shape index (κ1) is 15.6. The Balaban J connectivity index is 1.78. The Kier molecular flexibility index (Phi) is 4.34. The number of fused-ring (bicyclic) bond motifs is 3. The maximum absolute atomic E-state index is 12.0. The number of hydrogen-bond donors (Lipinski definition) is 3. The van der Waals surface area contributed by atoms with Crippen LogP contribution in [0, 0.1) is 0 Å². The number of hydrogen-bond acceptors (Lipinski definition) is 3. The SMILES string of the molecule is CN(C)CC(=O)NCCc1c[nH]c2ccc3c(c12)CCNC3=O. The van der Waals surface area contributed by atoms with Crippen molar-refractivity contribution < 1.29 is 9.59 Å². The molecule has 2 amide bonds. The highest BCUT2D eigenvalue weighted by Crippen LogP contribution is 2.28. The number of nitrogens with zero attached hydrogens (tertiary/aromatic N) is 1. The van der Waals surface area contributed by atoms with Gasteiger partial charge in [-0.1, -0.05) is 0 Å². The first-order valence-electron chi connectivity index (χ1n) is 7.87. The van der Waals surface area contributed by atoms with Crippen molar-refractivity contribution in [3.05, 3.63) is 35.0 Å². The molecule has 1 aromatic heterocycles. The van der Waals surface area contributed by atoms with Crippen molar-refractivity contribution in [3.8, 4) is 0 Å². The van der Waals surface area contributed by atoms with Gasteiger partial charge in [-0.25, -0.2) is 0 Å². The minimum Gasteiger partial charge on any atom is -0.361 e. The third-order valence-corrected chi connectivity index (χ3v) is 4.12. The minimum absolute atomic E-state index is 0.000384. The first-order chi connectivity index (χ1) is 11.1. The number of carbonyl (C=O) groups excluding carboxylic acids is 2. The predicted molar refractivity (Wildman–Crippen MR) is 89.6 cm³/mol. The Morgan fingerprint density at radius 2 is 2.17 bits per heavy atom. The van der Waals surface area contributed by atoms with Crippen LogP contribution < -0.4 is 10.6 Å². The first-order valence-corrected chi connectivity index (χ1v) is 7.87. The van der Waals surface area contributed by atoms with Crippen molar-refractivity contribution in [2.24, 2.45) is 0 Å². The van der Waals surface area contributed by atoms with Gasteiger partial charge in [0.1, 0.15) is 0 Å². The van der Waals surface area contributed by atoms with Gasteiger partial charge in [-0.05, 0) is 50.2 Å². The van der Waals surface area contributed by atoms with Gasteiger partial charge in [-0.3, -0.25) is 9.59 Å². The number of likely N-dealkylation sites (N-methyl/N-ethyl adjacent to an activating group) is 1. The van der Waals surface area contributed by atoms with Crippen LogP contribution in [-0.4, -0.2) is 55.4 Å². The van der Waals surface area contributed by atoms with Crippen molar-refractivity contribution >= 4 is 22.7 Å². The molecule has 0 unspecified atom stereocenters. The lowest BCUT2D eigenvalue weighted by molar-refractivity contribution is -0.121. The monoisotopic (exact) mass is 314 g/mol. The standard InChI is InChI=1S/C17H22N4O2/c1-21(2)10-15(22)18-7-5-11-9-20-14-4-3-13-12(16(11)14)6-8-19-17(13)23/h3-4,9,20H,5-8,10H2,1-2H3,(H,18,22)(H,19,23). The van der Waals surface area contributed by atoms with Gasteiger partial charge in [-0.15, -0.1) is 0 Å². The van der Waals surface area contributed by atoms with E-state index in [1.54, 1.807) is 0 Å². The molecule has 122 valence electrons. The molecule has 0 bridgehead atoms. The molecule has 1 aliphatic heterocycles. The summed E-state index contributed by atoms with van der Waals surface area (Å²) in [7, 11) is 3.74. The second-order valence-electron chi connectivity index (χ2n) is 6.17. The molecule has 23 heavy (non-hydrogen) atoms. The molecular weight excluding hydrogens is 292 g/mol. The zero-order chi connectivity index (χ0) is 16.4. The van der Waals surface area contributed by atoms with Crippen molar-refractivity contribution in [2.45, 2.75) is 12.8 Å². The molecule has 0 aliphatic carbocycles. The molecular formula is C17H22N4O2. The average Bonchev–Trinajstić information content (AvgIpc) is 2.90. The van der Waals surface area contributed by atoms with Crippen LogP contribution in [0.4, 0.5) is 0 Å². The molecule has 6 heteroatoms. The highest BCUT2D eigenvalue weighted by atomic mass is 16.2. The Morgan fingerprint density at radius 1 is 1.35 bits per heavy atom. The summed E-state index contributed by atoms with van der Waals surface area (Å²) in [6, 6.07) is 3.83. The summed E-state index contributed by atoms with van der Waals surface area (Å²) < 4.78 is 0. The number of aromatic amines is 1. The van der Waals surface area contributed by atoms with Crippen LogP contribution in [-0.2, 0) is 17.6 Å². The summed E-state index contributed by atoms with van der Waals surface area (Å²) in [4.78, 5) is 28.8. The summed E-state index contributed by atoms with van der Waals surface area (Å²) in [6.45, 7) is 1.66. The molecule has 6 nitrogen and oxygen atoms in total. The van der Waals surface area contributed by atoms with Gasteiger partial charge in [0, 0.05) is 35.8 Å². The van der Waals surface area contributed by atoms with E-state index in [1.165, 1.54) is 0 Å². The number of rotatable bonds is 5. The van der Waals surface area contributed by atoms with Crippen LogP contribution in [0.25, 0.3) is 10.9 Å². The minimum atomic E-state index is -0.000384. The third-order valence-electron chi connectivity index (χ3n) is 4.12. The van der Waals surface area contributed by atoms with Crippen molar-refractivity contribution in [3.63, 3.8) is 0 Å². The number of nitrogens with one attached hydrogen (secondary N) is 3. The predicted octanol–water partition coefficient (Wildman–Crippen LogP) is 0.674. The number of carbonyl (C=O) groups is 2. The van der Waals surface area contributed by atoms with Gasteiger partial charge in [-0.2, -0.15) is 0 Å². The summed E-state index contributed by atoms with van der Waals surface area (Å²) in [5.74, 6) is 0.0239. The fraction of sp³-hybridized carbons (Fsp3) is 0.412. The molecule has 2 aromatic rings. The van der Waals surface area contributed by atoms with E-state index >= 15 is 0 Å². The molecule has 1 aliphatic rings. The fourth-order valence-corrected chi connectivity index (χ4v) is 3.12. The number of H-pyrrole nitrogens is 1. The molecule has 0 saturated heterocycles. The summed E-state index contributed by atoms with van der Waals surface area (Å²) in [5, 5.41) is 6.95. The van der Waals surface area contributed by atoms with Crippen molar-refractivity contribution in [1.29, 1.82) is 0 Å². The highest BCUT2D eigenvalue weighted by Gasteiger charge is 2.20. The Labute approximate surface area is 135 Å². The lowest BCUT2D eigenvalue weighted by Crippen LogP contribution is -2.34. The molecule has 0 saturated carbocycles. The lowest BCUT2D eigenvalue weighted by Gasteiger charge is -2.18. The second-order valence-corrected chi connectivity index (χ2v) is 6.17. The molecule has 1 aromatic carbocycles. The Morgan fingerprint density at radius 3 is 2.96 bits per heavy atom. The van der Waals surface area contributed by atoms with E-state index < -0.39 is 0 Å². The maximum atomic E-state index is 12.0. The van der Waals surface area contributed by atoms with Crippen molar-refractivity contribution in [2.75, 3.05) is 33.7 Å². The number of aromatic nitrogens is 1. The van der Waals surface area contributed by atoms with Crippen LogP contribution in [0.1, 0.15) is 21.5 Å². The summed E-state index contributed by atoms with van der Waals surface area (Å²) in [6.07, 6.45) is 3.57. The Hall–Kier alpha value is -2.34. The molecule has 3 N–H and O–H groups in total. The van der Waals surface area contributed by atoms with E-state index in [-0.39, 0.29) is 11.8 Å². The van der Waals surface area contributed by atoms with Crippen molar-refractivity contribution in [1.82, 2.24) is 20.5 Å². The largest absolute Gasteiger partial charge is 0.361 e. The average molecular weight is 314 g/mol. The number of amides is 2.